The molecule has 0 N–H and O–H groups in total. The Balaban J connectivity index is 2.66. The lowest BCUT2D eigenvalue weighted by atomic mass is 10.0. The van der Waals surface area contributed by atoms with Crippen molar-refractivity contribution < 1.29 is 13.2 Å². The molecule has 1 aromatic carbocycles. The largest absolute Gasteiger partial charge is 0.341 e. The van der Waals surface area contributed by atoms with Crippen LogP contribution in [0, 0.1) is 6.92 Å². The molecule has 0 unspecified atom stereocenters. The Morgan fingerprint density at radius 1 is 1.25 bits per heavy atom. The Bertz CT molecular complexity index is 888. The maximum absolute atomic E-state index is 12.0. The predicted octanol–water partition coefficient (Wildman–Crippen LogP) is 3.73. The minimum Gasteiger partial charge on any atom is -0.341 e. The number of ketones is 1. The molecule has 0 aliphatic rings. The zero-order chi connectivity index (χ0) is 18.1. The van der Waals surface area contributed by atoms with Crippen LogP contribution in [0.4, 0.5) is 0 Å². The van der Waals surface area contributed by atoms with Gasteiger partial charge in [-0.25, -0.2) is 8.42 Å². The van der Waals surface area contributed by atoms with Gasteiger partial charge in [0, 0.05) is 14.0 Å². The van der Waals surface area contributed by atoms with Gasteiger partial charge in [-0.05, 0) is 42.2 Å². The topological polar surface area (TPSA) is 56.1 Å². The van der Waals surface area contributed by atoms with Crippen LogP contribution < -0.4 is 0 Å². The van der Waals surface area contributed by atoms with Crippen LogP contribution in [-0.4, -0.2) is 24.5 Å². The first kappa shape index (κ1) is 18.2. The Morgan fingerprint density at radius 3 is 2.29 bits per heavy atom. The number of hydrogen-bond donors (Lipinski definition) is 0. The second kappa shape index (κ2) is 6.77. The summed E-state index contributed by atoms with van der Waals surface area (Å²) < 4.78 is 25.8. The van der Waals surface area contributed by atoms with Crippen molar-refractivity contribution in [3.8, 4) is 11.3 Å². The summed E-state index contributed by atoms with van der Waals surface area (Å²) in [5.41, 5.74) is 4.49. The lowest BCUT2D eigenvalue weighted by Crippen LogP contribution is -2.05. The number of benzene rings is 1. The minimum absolute atomic E-state index is 0.0109. The number of carbonyl (C=O) groups excluding carboxylic acids is 1. The number of hydrogen-bond acceptors (Lipinski definition) is 3. The van der Waals surface area contributed by atoms with Crippen molar-refractivity contribution in [2.75, 3.05) is 5.75 Å². The minimum atomic E-state index is -3.22. The zero-order valence-corrected chi connectivity index (χ0v) is 15.4. The fourth-order valence-corrected chi connectivity index (χ4v) is 4.02. The van der Waals surface area contributed by atoms with E-state index in [1.165, 1.54) is 0 Å². The van der Waals surface area contributed by atoms with E-state index in [0.29, 0.717) is 17.0 Å². The maximum Gasteiger partial charge on any atom is 0.178 e. The zero-order valence-electron chi connectivity index (χ0n) is 14.6. The van der Waals surface area contributed by atoms with E-state index in [9.17, 15) is 13.2 Å². The Hall–Kier alpha value is -2.14. The van der Waals surface area contributed by atoms with Gasteiger partial charge >= 0.3 is 0 Å². The lowest BCUT2D eigenvalue weighted by molar-refractivity contribution is 0.100. The van der Waals surface area contributed by atoms with Crippen LogP contribution in [0.2, 0.25) is 0 Å². The monoisotopic (exact) mass is 345 g/mol. The Morgan fingerprint density at radius 2 is 1.83 bits per heavy atom. The smallest absolute Gasteiger partial charge is 0.178 e. The molecule has 4 nitrogen and oxygen atoms in total. The fourth-order valence-electron chi connectivity index (χ4n) is 3.14. The first-order valence-electron chi connectivity index (χ1n) is 7.87. The molecule has 1 heterocycles. The van der Waals surface area contributed by atoms with Gasteiger partial charge in [0.1, 0.15) is 0 Å². The maximum atomic E-state index is 12.0. The average molecular weight is 345 g/mol. The molecule has 2 aromatic rings. The molecule has 0 atom stereocenters. The highest BCUT2D eigenvalue weighted by molar-refractivity contribution is 7.91. The molecule has 0 saturated heterocycles. The van der Waals surface area contributed by atoms with Gasteiger partial charge in [-0.15, -0.1) is 6.58 Å². The van der Waals surface area contributed by atoms with E-state index < -0.39 is 9.84 Å². The van der Waals surface area contributed by atoms with Crippen molar-refractivity contribution in [2.24, 2.45) is 7.05 Å². The highest BCUT2D eigenvalue weighted by Gasteiger charge is 2.21. The van der Waals surface area contributed by atoms with Crippen LogP contribution in [0.15, 0.2) is 41.8 Å². The van der Waals surface area contributed by atoms with Crippen molar-refractivity contribution in [1.82, 2.24) is 4.57 Å². The third-order valence-electron chi connectivity index (χ3n) is 4.31. The van der Waals surface area contributed by atoms with Crippen LogP contribution in [0.5, 0.6) is 0 Å². The van der Waals surface area contributed by atoms with Gasteiger partial charge in [0.2, 0.25) is 0 Å². The molecule has 0 saturated carbocycles. The van der Waals surface area contributed by atoms with Crippen molar-refractivity contribution >= 4 is 15.6 Å². The van der Waals surface area contributed by atoms with Gasteiger partial charge in [-0.2, -0.15) is 0 Å². The van der Waals surface area contributed by atoms with Crippen molar-refractivity contribution in [1.29, 1.82) is 0 Å². The standard InChI is InChI=1S/C19H23NO3S/c1-6-8-17-13(3)18(14(4)21)20(5)19(17)15-9-11-16(12-10-15)24(22,23)7-2/h6,9-12H,1,7-8H2,2-5H3. The second-order valence-electron chi connectivity index (χ2n) is 5.84. The number of sulfone groups is 1. The summed E-state index contributed by atoms with van der Waals surface area (Å²) in [7, 11) is -1.36. The first-order chi connectivity index (χ1) is 11.2. The van der Waals surface area contributed by atoms with E-state index in [4.69, 9.17) is 0 Å². The molecule has 128 valence electrons. The third kappa shape index (κ3) is 3.08. The number of allylic oxidation sites excluding steroid dienone is 1. The summed E-state index contributed by atoms with van der Waals surface area (Å²) in [5, 5.41) is 0. The van der Waals surface area contributed by atoms with Crippen LogP contribution in [0.1, 0.15) is 35.5 Å². The quantitative estimate of drug-likeness (QED) is 0.592. The third-order valence-corrected chi connectivity index (χ3v) is 6.06. The molecule has 0 aliphatic carbocycles. The van der Waals surface area contributed by atoms with Crippen LogP contribution in [-0.2, 0) is 23.3 Å². The van der Waals surface area contributed by atoms with Crippen LogP contribution in [0.25, 0.3) is 11.3 Å². The molecule has 0 aliphatic heterocycles. The van der Waals surface area contributed by atoms with E-state index in [1.54, 1.807) is 38.1 Å². The van der Waals surface area contributed by atoms with E-state index in [0.717, 1.165) is 22.4 Å². The Labute approximate surface area is 143 Å². The van der Waals surface area contributed by atoms with E-state index >= 15 is 0 Å². The molecule has 0 bridgehead atoms. The molecule has 2 rings (SSSR count). The molecular formula is C19H23NO3S. The summed E-state index contributed by atoms with van der Waals surface area (Å²) >= 11 is 0. The van der Waals surface area contributed by atoms with Gasteiger partial charge in [-0.1, -0.05) is 25.1 Å². The van der Waals surface area contributed by atoms with Crippen molar-refractivity contribution in [3.63, 3.8) is 0 Å². The van der Waals surface area contributed by atoms with Gasteiger partial charge in [-0.3, -0.25) is 4.79 Å². The molecule has 0 fully saturated rings. The molecule has 0 amide bonds. The molecule has 1 aromatic heterocycles. The average Bonchev–Trinajstić information content (AvgIpc) is 2.78. The van der Waals surface area contributed by atoms with Gasteiger partial charge in [0.25, 0.3) is 0 Å². The molecule has 0 spiro atoms. The van der Waals surface area contributed by atoms with Gasteiger partial charge in [0.05, 0.1) is 22.0 Å². The predicted molar refractivity (Wildman–Crippen MR) is 97.2 cm³/mol. The van der Waals surface area contributed by atoms with E-state index in [1.807, 2.05) is 24.6 Å². The van der Waals surface area contributed by atoms with E-state index in [2.05, 4.69) is 6.58 Å². The summed E-state index contributed by atoms with van der Waals surface area (Å²) in [4.78, 5) is 12.3. The second-order valence-corrected chi connectivity index (χ2v) is 8.11. The summed E-state index contributed by atoms with van der Waals surface area (Å²) in [6, 6.07) is 6.85. The molecular weight excluding hydrogens is 322 g/mol. The normalized spacial score (nSPS) is 11.5. The fraction of sp³-hybridized carbons (Fsp3) is 0.316. The Kier molecular flexibility index (Phi) is 5.13. The van der Waals surface area contributed by atoms with Gasteiger partial charge in [0.15, 0.2) is 15.6 Å². The number of aromatic nitrogens is 1. The summed E-state index contributed by atoms with van der Waals surface area (Å²) in [5.74, 6) is 0.0861. The number of carbonyl (C=O) groups is 1. The number of nitrogens with zero attached hydrogens (tertiary/aromatic N) is 1. The molecule has 5 heteroatoms. The first-order valence-corrected chi connectivity index (χ1v) is 9.53. The molecule has 24 heavy (non-hydrogen) atoms. The molecule has 0 radical (unpaired) electrons. The lowest BCUT2D eigenvalue weighted by Gasteiger charge is -2.09. The highest BCUT2D eigenvalue weighted by atomic mass is 32.2. The number of rotatable bonds is 6. The van der Waals surface area contributed by atoms with Crippen LogP contribution in [0.3, 0.4) is 0 Å². The summed E-state index contributed by atoms with van der Waals surface area (Å²) in [6.07, 6.45) is 2.46. The van der Waals surface area contributed by atoms with E-state index in [-0.39, 0.29) is 11.5 Å². The van der Waals surface area contributed by atoms with Crippen molar-refractivity contribution in [3.05, 3.63) is 53.7 Å². The summed E-state index contributed by atoms with van der Waals surface area (Å²) in [6.45, 7) is 8.93. The SMILES string of the molecule is C=CCc1c(C)c(C(C)=O)n(C)c1-c1ccc(S(=O)(=O)CC)cc1. The number of Topliss-reactive ketones (excluding diaryl/α,β-unsaturated/α-hetero) is 1. The van der Waals surface area contributed by atoms with Gasteiger partial charge < -0.3 is 4.57 Å². The highest BCUT2D eigenvalue weighted by Crippen LogP contribution is 2.32. The van der Waals surface area contributed by atoms with Crippen LogP contribution >= 0.6 is 0 Å². The van der Waals surface area contributed by atoms with Crippen molar-refractivity contribution in [2.45, 2.75) is 32.1 Å².